The normalized spacial score (nSPS) is 28.1. The summed E-state index contributed by atoms with van der Waals surface area (Å²) >= 11 is 1.90. The molecule has 1 aliphatic carbocycles. The van der Waals surface area contributed by atoms with E-state index in [9.17, 15) is 4.79 Å². The summed E-state index contributed by atoms with van der Waals surface area (Å²) in [6, 6.07) is 0. The Morgan fingerprint density at radius 1 is 1.55 bits per heavy atom. The summed E-state index contributed by atoms with van der Waals surface area (Å²) in [6.45, 7) is 7.49. The molecule has 5 heteroatoms. The molecule has 0 aliphatic heterocycles. The molecule has 3 atom stereocenters. The first-order valence-electron chi connectivity index (χ1n) is 7.76. The lowest BCUT2D eigenvalue weighted by Crippen LogP contribution is -2.56. The number of hydrogen-bond donors (Lipinski definition) is 2. The molecule has 1 rings (SSSR count). The van der Waals surface area contributed by atoms with Crippen LogP contribution in [0.25, 0.3) is 0 Å². The molecular weight excluding hydrogens is 274 g/mol. The molecule has 3 unspecified atom stereocenters. The van der Waals surface area contributed by atoms with E-state index in [2.05, 4.69) is 12.2 Å². The van der Waals surface area contributed by atoms with E-state index in [0.29, 0.717) is 17.1 Å². The van der Waals surface area contributed by atoms with Crippen LogP contribution in [0.15, 0.2) is 0 Å². The van der Waals surface area contributed by atoms with Crippen LogP contribution in [0.4, 0.5) is 0 Å². The third kappa shape index (κ3) is 4.93. The lowest BCUT2D eigenvalue weighted by molar-refractivity contribution is -0.152. The molecule has 0 aromatic heterocycles. The summed E-state index contributed by atoms with van der Waals surface area (Å²) in [7, 11) is 0. The molecule has 0 aromatic rings. The van der Waals surface area contributed by atoms with E-state index in [1.54, 1.807) is 0 Å². The van der Waals surface area contributed by atoms with Crippen molar-refractivity contribution in [3.05, 3.63) is 0 Å². The van der Waals surface area contributed by atoms with Gasteiger partial charge in [0.05, 0.1) is 6.61 Å². The zero-order valence-corrected chi connectivity index (χ0v) is 13.8. The first-order valence-corrected chi connectivity index (χ1v) is 8.70. The zero-order valence-electron chi connectivity index (χ0n) is 13.0. The van der Waals surface area contributed by atoms with Crippen molar-refractivity contribution in [2.75, 3.05) is 19.8 Å². The van der Waals surface area contributed by atoms with Gasteiger partial charge in [0.2, 0.25) is 0 Å². The van der Waals surface area contributed by atoms with Gasteiger partial charge in [-0.3, -0.25) is 4.79 Å². The van der Waals surface area contributed by atoms with E-state index in [-0.39, 0.29) is 12.6 Å². The summed E-state index contributed by atoms with van der Waals surface area (Å²) in [4.78, 5) is 12.3. The molecule has 1 fully saturated rings. The average molecular weight is 303 g/mol. The smallest absolute Gasteiger partial charge is 0.326 e. The topological polar surface area (TPSA) is 58.6 Å². The van der Waals surface area contributed by atoms with Crippen LogP contribution in [0.2, 0.25) is 0 Å². The van der Waals surface area contributed by atoms with Gasteiger partial charge in [-0.05, 0) is 45.6 Å². The predicted octanol–water partition coefficient (Wildman–Crippen LogP) is 2.34. The SMILES string of the molecule is CCNC1(C(=O)OCC)CCCC(SC(C)CCO)C1. The Kier molecular flexibility index (Phi) is 7.92. The Balaban J connectivity index is 2.68. The molecule has 0 bridgehead atoms. The Bertz CT molecular complexity index is 297. The van der Waals surface area contributed by atoms with Crippen molar-refractivity contribution in [2.45, 2.75) is 68.9 Å². The van der Waals surface area contributed by atoms with Gasteiger partial charge >= 0.3 is 5.97 Å². The number of aliphatic hydroxyl groups excluding tert-OH is 1. The fraction of sp³-hybridized carbons (Fsp3) is 0.933. The molecule has 4 nitrogen and oxygen atoms in total. The van der Waals surface area contributed by atoms with Crippen LogP contribution in [0.3, 0.4) is 0 Å². The zero-order chi connectivity index (χ0) is 15.0. The van der Waals surface area contributed by atoms with Crippen molar-refractivity contribution in [2.24, 2.45) is 0 Å². The average Bonchev–Trinajstić information content (AvgIpc) is 2.40. The van der Waals surface area contributed by atoms with Crippen molar-refractivity contribution in [1.29, 1.82) is 0 Å². The van der Waals surface area contributed by atoms with Gasteiger partial charge in [-0.15, -0.1) is 0 Å². The number of esters is 1. The van der Waals surface area contributed by atoms with E-state index in [0.717, 1.165) is 38.6 Å². The number of nitrogens with one attached hydrogen (secondary N) is 1. The number of carbonyl (C=O) groups is 1. The van der Waals surface area contributed by atoms with Crippen LogP contribution in [-0.2, 0) is 9.53 Å². The number of likely N-dealkylation sites (N-methyl/N-ethyl adjacent to an activating group) is 1. The summed E-state index contributed by atoms with van der Waals surface area (Å²) in [5, 5.41) is 13.3. The highest BCUT2D eigenvalue weighted by Gasteiger charge is 2.43. The van der Waals surface area contributed by atoms with Crippen LogP contribution in [0.1, 0.15) is 52.9 Å². The van der Waals surface area contributed by atoms with Crippen LogP contribution in [-0.4, -0.2) is 46.9 Å². The largest absolute Gasteiger partial charge is 0.465 e. The van der Waals surface area contributed by atoms with Crippen LogP contribution in [0.5, 0.6) is 0 Å². The Morgan fingerprint density at radius 2 is 2.30 bits per heavy atom. The second-order valence-corrected chi connectivity index (χ2v) is 7.25. The minimum absolute atomic E-state index is 0.0954. The summed E-state index contributed by atoms with van der Waals surface area (Å²) in [6.07, 6.45) is 4.71. The van der Waals surface area contributed by atoms with Crippen LogP contribution < -0.4 is 5.32 Å². The van der Waals surface area contributed by atoms with Crippen LogP contribution in [0, 0.1) is 0 Å². The highest BCUT2D eigenvalue weighted by Crippen LogP contribution is 2.38. The molecule has 1 saturated carbocycles. The Labute approximate surface area is 127 Å². The fourth-order valence-electron chi connectivity index (χ4n) is 2.94. The number of aliphatic hydroxyl groups is 1. The summed E-state index contributed by atoms with van der Waals surface area (Å²) < 4.78 is 5.29. The maximum absolute atomic E-state index is 12.3. The highest BCUT2D eigenvalue weighted by molar-refractivity contribution is 8.00. The number of ether oxygens (including phenoxy) is 1. The molecule has 0 spiro atoms. The minimum atomic E-state index is -0.500. The van der Waals surface area contributed by atoms with E-state index in [1.165, 1.54) is 0 Å². The van der Waals surface area contributed by atoms with Gasteiger partial charge < -0.3 is 15.2 Å². The van der Waals surface area contributed by atoms with Crippen molar-refractivity contribution in [3.8, 4) is 0 Å². The molecule has 0 amide bonds. The Morgan fingerprint density at radius 3 is 2.90 bits per heavy atom. The van der Waals surface area contributed by atoms with Gasteiger partial charge in [0.25, 0.3) is 0 Å². The van der Waals surface area contributed by atoms with Crippen molar-refractivity contribution >= 4 is 17.7 Å². The fourth-order valence-corrected chi connectivity index (χ4v) is 4.53. The van der Waals surface area contributed by atoms with Gasteiger partial charge in [0.15, 0.2) is 0 Å². The molecular formula is C15H29NO3S. The molecule has 0 aromatic carbocycles. The molecule has 118 valence electrons. The lowest BCUT2D eigenvalue weighted by Gasteiger charge is -2.39. The molecule has 0 saturated heterocycles. The predicted molar refractivity (Wildman–Crippen MR) is 84.1 cm³/mol. The van der Waals surface area contributed by atoms with Gasteiger partial charge in [0, 0.05) is 17.1 Å². The number of carbonyl (C=O) groups excluding carboxylic acids is 1. The third-order valence-corrected chi connectivity index (χ3v) is 5.34. The van der Waals surface area contributed by atoms with E-state index in [4.69, 9.17) is 9.84 Å². The lowest BCUT2D eigenvalue weighted by atomic mass is 9.81. The van der Waals surface area contributed by atoms with E-state index < -0.39 is 5.54 Å². The molecule has 0 heterocycles. The molecule has 0 radical (unpaired) electrons. The molecule has 2 N–H and O–H groups in total. The standard InChI is InChI=1S/C15H29NO3S/c1-4-16-15(14(18)19-5-2)9-6-7-13(11-15)20-12(3)8-10-17/h12-13,16-17H,4-11H2,1-3H3. The van der Waals surface area contributed by atoms with Crippen molar-refractivity contribution in [3.63, 3.8) is 0 Å². The summed E-state index contributed by atoms with van der Waals surface area (Å²) in [5.41, 5.74) is -0.500. The van der Waals surface area contributed by atoms with Gasteiger partial charge in [-0.1, -0.05) is 13.8 Å². The van der Waals surface area contributed by atoms with Gasteiger partial charge in [-0.25, -0.2) is 0 Å². The monoisotopic (exact) mass is 303 g/mol. The molecule has 1 aliphatic rings. The molecule has 20 heavy (non-hydrogen) atoms. The van der Waals surface area contributed by atoms with Crippen LogP contribution >= 0.6 is 11.8 Å². The van der Waals surface area contributed by atoms with Crippen molar-refractivity contribution < 1.29 is 14.6 Å². The van der Waals surface area contributed by atoms with Gasteiger partial charge in [-0.2, -0.15) is 11.8 Å². The second-order valence-electron chi connectivity index (χ2n) is 5.51. The third-order valence-electron chi connectivity index (χ3n) is 3.85. The Hall–Kier alpha value is -0.260. The minimum Gasteiger partial charge on any atom is -0.465 e. The van der Waals surface area contributed by atoms with Gasteiger partial charge in [0.1, 0.15) is 5.54 Å². The quantitative estimate of drug-likeness (QED) is 0.674. The highest BCUT2D eigenvalue weighted by atomic mass is 32.2. The first-order chi connectivity index (χ1) is 9.57. The maximum atomic E-state index is 12.3. The first kappa shape index (κ1) is 17.8. The summed E-state index contributed by atoms with van der Waals surface area (Å²) in [5.74, 6) is -0.0954. The number of hydrogen-bond acceptors (Lipinski definition) is 5. The van der Waals surface area contributed by atoms with E-state index in [1.807, 2.05) is 25.6 Å². The number of thioether (sulfide) groups is 1. The maximum Gasteiger partial charge on any atom is 0.326 e. The van der Waals surface area contributed by atoms with E-state index >= 15 is 0 Å². The van der Waals surface area contributed by atoms with Crippen molar-refractivity contribution in [1.82, 2.24) is 5.32 Å². The number of rotatable bonds is 8. The second kappa shape index (κ2) is 8.90.